The van der Waals surface area contributed by atoms with E-state index < -0.39 is 0 Å². The summed E-state index contributed by atoms with van der Waals surface area (Å²) in [7, 11) is 3.34. The molecule has 3 heteroatoms. The Morgan fingerprint density at radius 1 is 1.11 bits per heavy atom. The topological polar surface area (TPSA) is 30.8 Å². The minimum atomic E-state index is 0.773. The summed E-state index contributed by atoms with van der Waals surface area (Å²) < 4.78 is 10.8. The molecule has 0 bridgehead atoms. The summed E-state index contributed by atoms with van der Waals surface area (Å²) >= 11 is 0. The Bertz CT molecular complexity index is 632. The average molecular weight is 241 g/mol. The second kappa shape index (κ2) is 4.33. The molecule has 0 radical (unpaired) electrons. The van der Waals surface area contributed by atoms with Gasteiger partial charge in [0.05, 0.1) is 14.2 Å². The SMILES string of the molecule is COc1ccc2cc3c(cc2c1OC)CCN=C3. The van der Waals surface area contributed by atoms with Crippen LogP contribution in [0.15, 0.2) is 29.3 Å². The van der Waals surface area contributed by atoms with Crippen LogP contribution in [0.2, 0.25) is 0 Å². The van der Waals surface area contributed by atoms with Gasteiger partial charge in [0.25, 0.3) is 0 Å². The molecule has 0 fully saturated rings. The summed E-state index contributed by atoms with van der Waals surface area (Å²) in [4.78, 5) is 4.32. The fourth-order valence-electron chi connectivity index (χ4n) is 2.44. The van der Waals surface area contributed by atoms with Gasteiger partial charge in [-0.05, 0) is 41.1 Å². The second-order valence-electron chi connectivity index (χ2n) is 4.36. The molecule has 1 heterocycles. The molecule has 2 aromatic rings. The molecule has 0 aliphatic carbocycles. The first-order valence-electron chi connectivity index (χ1n) is 6.01. The average Bonchev–Trinajstić information content (AvgIpc) is 2.43. The van der Waals surface area contributed by atoms with Crippen molar-refractivity contribution in [1.82, 2.24) is 0 Å². The monoisotopic (exact) mass is 241 g/mol. The van der Waals surface area contributed by atoms with Crippen LogP contribution in [0.4, 0.5) is 0 Å². The summed E-state index contributed by atoms with van der Waals surface area (Å²) in [5, 5.41) is 2.26. The van der Waals surface area contributed by atoms with E-state index in [1.54, 1.807) is 14.2 Å². The summed E-state index contributed by atoms with van der Waals surface area (Å²) in [5.41, 5.74) is 2.53. The number of ether oxygens (including phenoxy) is 2. The van der Waals surface area contributed by atoms with Crippen molar-refractivity contribution < 1.29 is 9.47 Å². The van der Waals surface area contributed by atoms with Crippen LogP contribution >= 0.6 is 0 Å². The first-order chi connectivity index (χ1) is 8.83. The fourth-order valence-corrected chi connectivity index (χ4v) is 2.44. The molecular formula is C15H15NO2. The number of rotatable bonds is 2. The lowest BCUT2D eigenvalue weighted by Gasteiger charge is -2.15. The lowest BCUT2D eigenvalue weighted by Crippen LogP contribution is -2.03. The first-order valence-corrected chi connectivity index (χ1v) is 6.01. The van der Waals surface area contributed by atoms with E-state index in [-0.39, 0.29) is 0 Å². The lowest BCUT2D eigenvalue weighted by atomic mass is 9.97. The van der Waals surface area contributed by atoms with E-state index in [0.717, 1.165) is 35.2 Å². The lowest BCUT2D eigenvalue weighted by molar-refractivity contribution is 0.358. The van der Waals surface area contributed by atoms with Crippen molar-refractivity contribution in [2.24, 2.45) is 4.99 Å². The highest BCUT2D eigenvalue weighted by molar-refractivity contribution is 5.97. The van der Waals surface area contributed by atoms with E-state index >= 15 is 0 Å². The number of hydrogen-bond acceptors (Lipinski definition) is 3. The standard InChI is InChI=1S/C15H15NO2/c1-17-14-4-3-11-7-12-9-16-6-5-10(12)8-13(11)15(14)18-2/h3-4,7-9H,5-6H2,1-2H3. The van der Waals surface area contributed by atoms with Crippen LogP contribution in [0.5, 0.6) is 11.5 Å². The van der Waals surface area contributed by atoms with Gasteiger partial charge in [-0.15, -0.1) is 0 Å². The minimum absolute atomic E-state index is 0.773. The predicted octanol–water partition coefficient (Wildman–Crippen LogP) is 2.83. The zero-order chi connectivity index (χ0) is 12.5. The third-order valence-electron chi connectivity index (χ3n) is 3.36. The summed E-state index contributed by atoms with van der Waals surface area (Å²) in [6.45, 7) is 0.866. The predicted molar refractivity (Wildman–Crippen MR) is 73.2 cm³/mol. The highest BCUT2D eigenvalue weighted by Crippen LogP contribution is 2.36. The molecule has 18 heavy (non-hydrogen) atoms. The molecule has 0 aromatic heterocycles. The number of methoxy groups -OCH3 is 2. The molecule has 3 rings (SSSR count). The molecule has 1 aliphatic rings. The Balaban J connectivity index is 2.31. The highest BCUT2D eigenvalue weighted by Gasteiger charge is 2.13. The van der Waals surface area contributed by atoms with Crippen molar-refractivity contribution >= 4 is 17.0 Å². The normalized spacial score (nSPS) is 13.4. The first kappa shape index (κ1) is 11.1. The van der Waals surface area contributed by atoms with Gasteiger partial charge in [-0.25, -0.2) is 0 Å². The van der Waals surface area contributed by atoms with Crippen molar-refractivity contribution in [2.75, 3.05) is 20.8 Å². The molecule has 0 amide bonds. The molecule has 3 nitrogen and oxygen atoms in total. The molecule has 0 saturated carbocycles. The second-order valence-corrected chi connectivity index (χ2v) is 4.36. The van der Waals surface area contributed by atoms with Gasteiger partial charge < -0.3 is 9.47 Å². The molecule has 2 aromatic carbocycles. The van der Waals surface area contributed by atoms with Crippen molar-refractivity contribution in [1.29, 1.82) is 0 Å². The Labute approximate surface area is 106 Å². The van der Waals surface area contributed by atoms with Crippen LogP contribution < -0.4 is 9.47 Å². The van der Waals surface area contributed by atoms with Crippen LogP contribution in [-0.4, -0.2) is 27.0 Å². The van der Waals surface area contributed by atoms with Gasteiger partial charge in [-0.2, -0.15) is 0 Å². The Morgan fingerprint density at radius 2 is 2.00 bits per heavy atom. The summed E-state index contributed by atoms with van der Waals surface area (Å²) in [6, 6.07) is 8.35. The molecule has 0 atom stereocenters. The number of benzene rings is 2. The van der Waals surface area contributed by atoms with E-state index in [0.29, 0.717) is 0 Å². The van der Waals surface area contributed by atoms with Crippen molar-refractivity contribution in [3.63, 3.8) is 0 Å². The molecule has 92 valence electrons. The van der Waals surface area contributed by atoms with Gasteiger partial charge >= 0.3 is 0 Å². The van der Waals surface area contributed by atoms with Gasteiger partial charge in [-0.1, -0.05) is 6.07 Å². The van der Waals surface area contributed by atoms with E-state index in [9.17, 15) is 0 Å². The van der Waals surface area contributed by atoms with E-state index in [4.69, 9.17) is 9.47 Å². The van der Waals surface area contributed by atoms with Gasteiger partial charge in [0.2, 0.25) is 0 Å². The minimum Gasteiger partial charge on any atom is -0.493 e. The van der Waals surface area contributed by atoms with Crippen LogP contribution in [0.1, 0.15) is 11.1 Å². The van der Waals surface area contributed by atoms with Gasteiger partial charge in [-0.3, -0.25) is 4.99 Å². The van der Waals surface area contributed by atoms with Crippen molar-refractivity contribution in [3.05, 3.63) is 35.4 Å². The Morgan fingerprint density at radius 3 is 2.78 bits per heavy atom. The molecule has 1 aliphatic heterocycles. The van der Waals surface area contributed by atoms with E-state index in [1.165, 1.54) is 11.1 Å². The van der Waals surface area contributed by atoms with E-state index in [2.05, 4.69) is 23.2 Å². The number of aliphatic imine (C=N–C) groups is 1. The highest BCUT2D eigenvalue weighted by atomic mass is 16.5. The molecule has 0 N–H and O–H groups in total. The zero-order valence-corrected chi connectivity index (χ0v) is 10.6. The van der Waals surface area contributed by atoms with E-state index in [1.807, 2.05) is 12.3 Å². The molecule has 0 unspecified atom stereocenters. The molecule has 0 spiro atoms. The molecule has 0 saturated heterocycles. The van der Waals surface area contributed by atoms with Crippen LogP contribution in [0.3, 0.4) is 0 Å². The van der Waals surface area contributed by atoms with Gasteiger partial charge in [0, 0.05) is 18.1 Å². The third-order valence-corrected chi connectivity index (χ3v) is 3.36. The summed E-state index contributed by atoms with van der Waals surface area (Å²) in [6.07, 6.45) is 2.94. The van der Waals surface area contributed by atoms with Crippen LogP contribution in [-0.2, 0) is 6.42 Å². The number of fused-ring (bicyclic) bond motifs is 2. The maximum absolute atomic E-state index is 5.48. The number of nitrogens with zero attached hydrogens (tertiary/aromatic N) is 1. The zero-order valence-electron chi connectivity index (χ0n) is 10.6. The van der Waals surface area contributed by atoms with Gasteiger partial charge in [0.15, 0.2) is 11.5 Å². The van der Waals surface area contributed by atoms with Crippen molar-refractivity contribution in [2.45, 2.75) is 6.42 Å². The molecular weight excluding hydrogens is 226 g/mol. The van der Waals surface area contributed by atoms with Crippen molar-refractivity contribution in [3.8, 4) is 11.5 Å². The van der Waals surface area contributed by atoms with Gasteiger partial charge in [0.1, 0.15) is 0 Å². The largest absolute Gasteiger partial charge is 0.493 e. The van der Waals surface area contributed by atoms with Crippen LogP contribution in [0.25, 0.3) is 10.8 Å². The fraction of sp³-hybridized carbons (Fsp3) is 0.267. The maximum atomic E-state index is 5.48. The Kier molecular flexibility index (Phi) is 2.67. The summed E-state index contributed by atoms with van der Waals surface area (Å²) in [5.74, 6) is 1.58. The van der Waals surface area contributed by atoms with Crippen LogP contribution in [0, 0.1) is 0 Å². The maximum Gasteiger partial charge on any atom is 0.168 e. The smallest absolute Gasteiger partial charge is 0.168 e. The third kappa shape index (κ3) is 1.63. The quantitative estimate of drug-likeness (QED) is 0.809. The number of hydrogen-bond donors (Lipinski definition) is 0. The Hall–Kier alpha value is -2.03.